The van der Waals surface area contributed by atoms with Gasteiger partial charge in [-0.3, -0.25) is 0 Å². The van der Waals surface area contributed by atoms with Crippen LogP contribution in [0.25, 0.3) is 0 Å². The molecule has 0 aliphatic carbocycles. The first-order valence-electron chi connectivity index (χ1n) is 4.91. The molecule has 16 heavy (non-hydrogen) atoms. The van der Waals surface area contributed by atoms with Crippen molar-refractivity contribution in [3.63, 3.8) is 0 Å². The van der Waals surface area contributed by atoms with Crippen molar-refractivity contribution >= 4 is 17.6 Å². The lowest BCUT2D eigenvalue weighted by Gasteiger charge is -2.08. The highest BCUT2D eigenvalue weighted by Crippen LogP contribution is 2.28. The molecule has 0 radical (unpaired) electrons. The second kappa shape index (κ2) is 4.52. The fraction of sp³-hybridized carbons (Fsp3) is 0.300. The number of aromatic nitrogens is 4. The fourth-order valence-electron chi connectivity index (χ4n) is 1.34. The smallest absolute Gasteiger partial charge is 0.171 e. The van der Waals surface area contributed by atoms with Gasteiger partial charge in [0.25, 0.3) is 0 Å². The van der Waals surface area contributed by atoms with E-state index in [4.69, 9.17) is 0 Å². The molecule has 2 aromatic heterocycles. The lowest BCUT2D eigenvalue weighted by atomic mass is 10.3. The monoisotopic (exact) mass is 235 g/mol. The molecule has 0 saturated carbocycles. The average Bonchev–Trinajstić information content (AvgIpc) is 2.75. The number of hydrogen-bond acceptors (Lipinski definition) is 5. The van der Waals surface area contributed by atoms with Crippen molar-refractivity contribution in [3.05, 3.63) is 23.8 Å². The third-order valence-electron chi connectivity index (χ3n) is 2.12. The van der Waals surface area contributed by atoms with E-state index in [0.29, 0.717) is 0 Å². The summed E-state index contributed by atoms with van der Waals surface area (Å²) in [5.74, 6) is 1.62. The first kappa shape index (κ1) is 10.9. The molecule has 2 rings (SSSR count). The SMILES string of the molecule is CNc1nc(C)nc(Sc2ncc[nH]2)c1C. The minimum absolute atomic E-state index is 0.754. The van der Waals surface area contributed by atoms with Gasteiger partial charge < -0.3 is 10.3 Å². The predicted molar refractivity (Wildman–Crippen MR) is 63.8 cm³/mol. The summed E-state index contributed by atoms with van der Waals surface area (Å²) in [5.41, 5.74) is 1.04. The number of nitrogens with zero attached hydrogens (tertiary/aromatic N) is 3. The van der Waals surface area contributed by atoms with E-state index in [2.05, 4.69) is 25.3 Å². The largest absolute Gasteiger partial charge is 0.373 e. The van der Waals surface area contributed by atoms with Crippen LogP contribution in [0.4, 0.5) is 5.82 Å². The molecule has 84 valence electrons. The third-order valence-corrected chi connectivity index (χ3v) is 3.12. The number of nitrogens with one attached hydrogen (secondary N) is 2. The maximum absolute atomic E-state index is 4.41. The van der Waals surface area contributed by atoms with Gasteiger partial charge in [-0.1, -0.05) is 0 Å². The van der Waals surface area contributed by atoms with Crippen LogP contribution in [-0.4, -0.2) is 27.0 Å². The zero-order chi connectivity index (χ0) is 11.5. The Kier molecular flexibility index (Phi) is 3.09. The Labute approximate surface area is 98.1 Å². The topological polar surface area (TPSA) is 66.5 Å². The van der Waals surface area contributed by atoms with E-state index in [0.717, 1.165) is 27.4 Å². The van der Waals surface area contributed by atoms with Gasteiger partial charge >= 0.3 is 0 Å². The number of anilines is 1. The van der Waals surface area contributed by atoms with Crippen molar-refractivity contribution in [3.8, 4) is 0 Å². The quantitative estimate of drug-likeness (QED) is 0.797. The number of H-pyrrole nitrogens is 1. The van der Waals surface area contributed by atoms with Gasteiger partial charge in [-0.25, -0.2) is 15.0 Å². The minimum Gasteiger partial charge on any atom is -0.373 e. The summed E-state index contributed by atoms with van der Waals surface area (Å²) in [4.78, 5) is 15.9. The molecule has 0 aliphatic heterocycles. The van der Waals surface area contributed by atoms with Gasteiger partial charge in [-0.15, -0.1) is 0 Å². The molecule has 0 amide bonds. The summed E-state index contributed by atoms with van der Waals surface area (Å²) in [6.07, 6.45) is 3.52. The van der Waals surface area contributed by atoms with E-state index >= 15 is 0 Å². The summed E-state index contributed by atoms with van der Waals surface area (Å²) in [6, 6.07) is 0. The van der Waals surface area contributed by atoms with Gasteiger partial charge in [0.15, 0.2) is 5.16 Å². The Morgan fingerprint density at radius 1 is 1.31 bits per heavy atom. The Morgan fingerprint density at radius 3 is 2.75 bits per heavy atom. The van der Waals surface area contributed by atoms with Crippen LogP contribution in [0.1, 0.15) is 11.4 Å². The predicted octanol–water partition coefficient (Wildman–Crippen LogP) is 2.01. The van der Waals surface area contributed by atoms with E-state index in [9.17, 15) is 0 Å². The van der Waals surface area contributed by atoms with Gasteiger partial charge in [0.2, 0.25) is 0 Å². The first-order chi connectivity index (χ1) is 7.70. The van der Waals surface area contributed by atoms with Crippen LogP contribution in [-0.2, 0) is 0 Å². The zero-order valence-electron chi connectivity index (χ0n) is 9.40. The summed E-state index contributed by atoms with van der Waals surface area (Å²) < 4.78 is 0. The molecular formula is C10H13N5S. The number of hydrogen-bond donors (Lipinski definition) is 2. The molecule has 2 N–H and O–H groups in total. The first-order valence-corrected chi connectivity index (χ1v) is 5.72. The van der Waals surface area contributed by atoms with Crippen LogP contribution in [0.3, 0.4) is 0 Å². The van der Waals surface area contributed by atoms with Crippen LogP contribution in [0.2, 0.25) is 0 Å². The molecule has 2 aromatic rings. The molecule has 0 bridgehead atoms. The van der Waals surface area contributed by atoms with Crippen LogP contribution in [0, 0.1) is 13.8 Å². The molecule has 0 spiro atoms. The molecule has 6 heteroatoms. The average molecular weight is 235 g/mol. The summed E-state index contributed by atoms with van der Waals surface area (Å²) in [6.45, 7) is 3.88. The molecule has 0 aliphatic rings. The van der Waals surface area contributed by atoms with Crippen LogP contribution in [0.15, 0.2) is 22.6 Å². The highest BCUT2D eigenvalue weighted by molar-refractivity contribution is 7.99. The Balaban J connectivity index is 2.36. The van der Waals surface area contributed by atoms with Crippen LogP contribution in [0.5, 0.6) is 0 Å². The highest BCUT2D eigenvalue weighted by atomic mass is 32.2. The molecule has 0 atom stereocenters. The molecule has 0 saturated heterocycles. The standard InChI is InChI=1S/C10H13N5S/c1-6-8(11-3)14-7(2)15-9(6)16-10-12-4-5-13-10/h4-5H,1-3H3,(H,12,13)(H,11,14,15). The van der Waals surface area contributed by atoms with Crippen LogP contribution < -0.4 is 5.32 Å². The summed E-state index contributed by atoms with van der Waals surface area (Å²) in [7, 11) is 1.86. The zero-order valence-corrected chi connectivity index (χ0v) is 10.2. The highest BCUT2D eigenvalue weighted by Gasteiger charge is 2.10. The molecular weight excluding hydrogens is 222 g/mol. The molecule has 0 fully saturated rings. The fourth-order valence-corrected chi connectivity index (χ4v) is 2.19. The maximum atomic E-state index is 4.41. The van der Waals surface area contributed by atoms with E-state index in [1.54, 1.807) is 12.4 Å². The number of aryl methyl sites for hydroxylation is 1. The van der Waals surface area contributed by atoms with E-state index in [1.165, 1.54) is 11.8 Å². The summed E-state index contributed by atoms with van der Waals surface area (Å²) in [5, 5.41) is 4.82. The van der Waals surface area contributed by atoms with Gasteiger partial charge in [0, 0.05) is 25.0 Å². The Morgan fingerprint density at radius 2 is 2.12 bits per heavy atom. The van der Waals surface area contributed by atoms with Gasteiger partial charge in [-0.05, 0) is 25.6 Å². The lowest BCUT2D eigenvalue weighted by molar-refractivity contribution is 0.933. The third kappa shape index (κ3) is 2.16. The number of rotatable bonds is 3. The molecule has 2 heterocycles. The normalized spacial score (nSPS) is 10.4. The van der Waals surface area contributed by atoms with Crippen molar-refractivity contribution in [2.24, 2.45) is 0 Å². The van der Waals surface area contributed by atoms with E-state index in [1.807, 2.05) is 20.9 Å². The second-order valence-electron chi connectivity index (χ2n) is 3.30. The van der Waals surface area contributed by atoms with E-state index in [-0.39, 0.29) is 0 Å². The van der Waals surface area contributed by atoms with Gasteiger partial charge in [0.05, 0.1) is 0 Å². The Bertz CT molecular complexity index is 480. The molecule has 0 unspecified atom stereocenters. The molecule has 0 aromatic carbocycles. The van der Waals surface area contributed by atoms with Crippen molar-refractivity contribution in [2.75, 3.05) is 12.4 Å². The minimum atomic E-state index is 0.754. The number of aromatic amines is 1. The number of imidazole rings is 1. The molecule has 5 nitrogen and oxygen atoms in total. The van der Waals surface area contributed by atoms with Crippen molar-refractivity contribution in [1.82, 2.24) is 19.9 Å². The van der Waals surface area contributed by atoms with Gasteiger partial charge in [-0.2, -0.15) is 0 Å². The van der Waals surface area contributed by atoms with E-state index < -0.39 is 0 Å². The van der Waals surface area contributed by atoms with Crippen LogP contribution >= 0.6 is 11.8 Å². The van der Waals surface area contributed by atoms with Crippen molar-refractivity contribution < 1.29 is 0 Å². The van der Waals surface area contributed by atoms with Gasteiger partial charge in [0.1, 0.15) is 16.7 Å². The van der Waals surface area contributed by atoms with Crippen molar-refractivity contribution in [2.45, 2.75) is 24.0 Å². The Hall–Kier alpha value is -1.56. The lowest BCUT2D eigenvalue weighted by Crippen LogP contribution is -2.02. The van der Waals surface area contributed by atoms with Crippen molar-refractivity contribution in [1.29, 1.82) is 0 Å². The second-order valence-corrected chi connectivity index (χ2v) is 4.27. The summed E-state index contributed by atoms with van der Waals surface area (Å²) >= 11 is 1.51. The maximum Gasteiger partial charge on any atom is 0.171 e.